The Balaban J connectivity index is 2.30. The minimum Gasteiger partial charge on any atom is -0.465 e. The van der Waals surface area contributed by atoms with Crippen LogP contribution in [-0.2, 0) is 9.53 Å². The molecule has 0 spiro atoms. The summed E-state index contributed by atoms with van der Waals surface area (Å²) in [7, 11) is 0. The van der Waals surface area contributed by atoms with Crippen molar-refractivity contribution in [3.05, 3.63) is 0 Å². The van der Waals surface area contributed by atoms with Crippen molar-refractivity contribution in [2.45, 2.75) is 38.6 Å². The first-order chi connectivity index (χ1) is 6.65. The number of nitrogens with one attached hydrogen (secondary N) is 1. The van der Waals surface area contributed by atoms with Crippen molar-refractivity contribution in [3.8, 4) is 0 Å². The van der Waals surface area contributed by atoms with Crippen molar-refractivity contribution in [1.29, 1.82) is 0 Å². The number of ether oxygens (including phenoxy) is 1. The molecule has 1 aliphatic heterocycles. The lowest BCUT2D eigenvalue weighted by molar-refractivity contribution is -0.145. The lowest BCUT2D eigenvalue weighted by atomic mass is 10.2. The third-order valence-electron chi connectivity index (χ3n) is 2.15. The van der Waals surface area contributed by atoms with Crippen molar-refractivity contribution in [3.63, 3.8) is 0 Å². The highest BCUT2D eigenvalue weighted by Crippen LogP contribution is 2.25. The van der Waals surface area contributed by atoms with E-state index in [0.717, 1.165) is 12.2 Å². The summed E-state index contributed by atoms with van der Waals surface area (Å²) in [6, 6.07) is -0.0982. The standard InChI is InChI=1S/C10H19NO2S/c1-4-5-13-10(12)8-6-14-9(11-8)7(2)3/h7-9,11H,4-6H2,1-3H3. The van der Waals surface area contributed by atoms with Gasteiger partial charge in [0.1, 0.15) is 6.04 Å². The Morgan fingerprint density at radius 3 is 2.86 bits per heavy atom. The third kappa shape index (κ3) is 3.17. The van der Waals surface area contributed by atoms with Crippen LogP contribution >= 0.6 is 11.8 Å². The van der Waals surface area contributed by atoms with Crippen LogP contribution in [-0.4, -0.2) is 29.7 Å². The van der Waals surface area contributed by atoms with Gasteiger partial charge in [0.05, 0.1) is 12.0 Å². The van der Waals surface area contributed by atoms with E-state index in [1.54, 1.807) is 0 Å². The molecule has 1 N–H and O–H groups in total. The lowest BCUT2D eigenvalue weighted by Gasteiger charge is -2.15. The van der Waals surface area contributed by atoms with E-state index < -0.39 is 0 Å². The summed E-state index contributed by atoms with van der Waals surface area (Å²) in [5.41, 5.74) is 0. The molecular weight excluding hydrogens is 198 g/mol. The predicted octanol–water partition coefficient (Wildman–Crippen LogP) is 1.63. The van der Waals surface area contributed by atoms with Crippen LogP contribution in [0, 0.1) is 5.92 Å². The van der Waals surface area contributed by atoms with E-state index >= 15 is 0 Å². The Hall–Kier alpha value is -0.220. The molecule has 0 aromatic rings. The van der Waals surface area contributed by atoms with Gasteiger partial charge >= 0.3 is 5.97 Å². The molecule has 14 heavy (non-hydrogen) atoms. The first-order valence-electron chi connectivity index (χ1n) is 5.19. The average molecular weight is 217 g/mol. The van der Waals surface area contributed by atoms with Gasteiger partial charge in [-0.1, -0.05) is 20.8 Å². The summed E-state index contributed by atoms with van der Waals surface area (Å²) in [5, 5.41) is 3.68. The van der Waals surface area contributed by atoms with Gasteiger partial charge in [-0.05, 0) is 12.3 Å². The maximum atomic E-state index is 11.5. The highest BCUT2D eigenvalue weighted by molar-refractivity contribution is 8.00. The zero-order chi connectivity index (χ0) is 10.6. The maximum absolute atomic E-state index is 11.5. The molecule has 0 saturated carbocycles. The second kappa shape index (κ2) is 5.61. The van der Waals surface area contributed by atoms with Gasteiger partial charge in [0.2, 0.25) is 0 Å². The first kappa shape index (κ1) is 11.9. The summed E-state index contributed by atoms with van der Waals surface area (Å²) in [4.78, 5) is 11.5. The fourth-order valence-electron chi connectivity index (χ4n) is 1.32. The topological polar surface area (TPSA) is 38.3 Å². The fraction of sp³-hybridized carbons (Fsp3) is 0.900. The lowest BCUT2D eigenvalue weighted by Crippen LogP contribution is -2.39. The van der Waals surface area contributed by atoms with Gasteiger partial charge in [0.15, 0.2) is 0 Å². The molecule has 0 aliphatic carbocycles. The van der Waals surface area contributed by atoms with Crippen molar-refractivity contribution in [1.82, 2.24) is 5.32 Å². The number of hydrogen-bond donors (Lipinski definition) is 1. The summed E-state index contributed by atoms with van der Waals surface area (Å²) in [6.45, 7) is 6.85. The number of carbonyl (C=O) groups excluding carboxylic acids is 1. The maximum Gasteiger partial charge on any atom is 0.324 e. The third-order valence-corrected chi connectivity index (χ3v) is 3.71. The normalized spacial score (nSPS) is 26.9. The molecule has 0 amide bonds. The van der Waals surface area contributed by atoms with Crippen LogP contribution in [0.5, 0.6) is 0 Å². The Bertz CT molecular complexity index is 197. The molecule has 1 rings (SSSR count). The molecule has 0 aromatic carbocycles. The van der Waals surface area contributed by atoms with Crippen molar-refractivity contribution in [2.75, 3.05) is 12.4 Å². The average Bonchev–Trinajstić information content (AvgIpc) is 2.62. The molecular formula is C10H19NO2S. The zero-order valence-corrected chi connectivity index (χ0v) is 9.89. The highest BCUT2D eigenvalue weighted by Gasteiger charge is 2.31. The number of carbonyl (C=O) groups is 1. The second-order valence-electron chi connectivity index (χ2n) is 3.88. The monoisotopic (exact) mass is 217 g/mol. The molecule has 0 aromatic heterocycles. The Morgan fingerprint density at radius 1 is 1.64 bits per heavy atom. The molecule has 0 radical (unpaired) electrons. The number of thioether (sulfide) groups is 1. The number of rotatable bonds is 4. The molecule has 1 heterocycles. The van der Waals surface area contributed by atoms with Crippen molar-refractivity contribution >= 4 is 17.7 Å². The number of hydrogen-bond acceptors (Lipinski definition) is 4. The van der Waals surface area contributed by atoms with E-state index in [0.29, 0.717) is 17.9 Å². The molecule has 1 saturated heterocycles. The van der Waals surface area contributed by atoms with E-state index in [4.69, 9.17) is 4.74 Å². The summed E-state index contributed by atoms with van der Waals surface area (Å²) >= 11 is 1.81. The van der Waals surface area contributed by atoms with Crippen LogP contribution in [0.15, 0.2) is 0 Å². The second-order valence-corrected chi connectivity index (χ2v) is 5.06. The SMILES string of the molecule is CCCOC(=O)C1CSC(C(C)C)N1. The van der Waals surface area contributed by atoms with Gasteiger partial charge in [0.25, 0.3) is 0 Å². The summed E-state index contributed by atoms with van der Waals surface area (Å²) in [5.74, 6) is 1.30. The van der Waals surface area contributed by atoms with Crippen LogP contribution in [0.4, 0.5) is 0 Å². The summed E-state index contributed by atoms with van der Waals surface area (Å²) in [6.07, 6.45) is 0.888. The molecule has 82 valence electrons. The molecule has 1 aliphatic rings. The quantitative estimate of drug-likeness (QED) is 0.726. The first-order valence-corrected chi connectivity index (χ1v) is 6.24. The van der Waals surface area contributed by atoms with Gasteiger partial charge in [-0.25, -0.2) is 0 Å². The summed E-state index contributed by atoms with van der Waals surface area (Å²) < 4.78 is 5.09. The van der Waals surface area contributed by atoms with Crippen molar-refractivity contribution < 1.29 is 9.53 Å². The Kier molecular flexibility index (Phi) is 4.75. The van der Waals surface area contributed by atoms with Crippen LogP contribution in [0.1, 0.15) is 27.2 Å². The van der Waals surface area contributed by atoms with Crippen LogP contribution < -0.4 is 5.32 Å². The molecule has 0 bridgehead atoms. The van der Waals surface area contributed by atoms with Gasteiger partial charge in [0, 0.05) is 5.75 Å². The van der Waals surface area contributed by atoms with Gasteiger partial charge in [-0.3, -0.25) is 10.1 Å². The van der Waals surface area contributed by atoms with E-state index in [1.165, 1.54) is 0 Å². The van der Waals surface area contributed by atoms with Crippen LogP contribution in [0.3, 0.4) is 0 Å². The Morgan fingerprint density at radius 2 is 2.36 bits per heavy atom. The van der Waals surface area contributed by atoms with Crippen molar-refractivity contribution in [2.24, 2.45) is 5.92 Å². The molecule has 4 heteroatoms. The fourth-order valence-corrected chi connectivity index (χ4v) is 2.60. The van der Waals surface area contributed by atoms with E-state index in [-0.39, 0.29) is 12.0 Å². The molecule has 2 unspecified atom stereocenters. The Labute approximate surface area is 90.0 Å². The van der Waals surface area contributed by atoms with E-state index in [9.17, 15) is 4.79 Å². The van der Waals surface area contributed by atoms with E-state index in [1.807, 2.05) is 18.7 Å². The molecule has 3 nitrogen and oxygen atoms in total. The number of esters is 1. The van der Waals surface area contributed by atoms with Crippen LogP contribution in [0.25, 0.3) is 0 Å². The van der Waals surface area contributed by atoms with E-state index in [2.05, 4.69) is 19.2 Å². The minimum atomic E-state index is -0.0982. The van der Waals surface area contributed by atoms with Gasteiger partial charge < -0.3 is 4.74 Å². The predicted molar refractivity (Wildman–Crippen MR) is 59.3 cm³/mol. The minimum absolute atomic E-state index is 0.0949. The van der Waals surface area contributed by atoms with Crippen LogP contribution in [0.2, 0.25) is 0 Å². The largest absolute Gasteiger partial charge is 0.465 e. The molecule has 2 atom stereocenters. The van der Waals surface area contributed by atoms with Gasteiger partial charge in [-0.2, -0.15) is 0 Å². The molecule has 1 fully saturated rings. The smallest absolute Gasteiger partial charge is 0.324 e. The zero-order valence-electron chi connectivity index (χ0n) is 9.08. The van der Waals surface area contributed by atoms with Gasteiger partial charge in [-0.15, -0.1) is 11.8 Å². The highest BCUT2D eigenvalue weighted by atomic mass is 32.2.